The van der Waals surface area contributed by atoms with Crippen molar-refractivity contribution in [2.45, 2.75) is 63.6 Å². The minimum Gasteiger partial charge on any atom is -0.463 e. The number of hydrogen-bond acceptors (Lipinski definition) is 4. The van der Waals surface area contributed by atoms with Crippen LogP contribution in [-0.2, 0) is 14.3 Å². The number of fused-ring (bicyclic) bond motifs is 1. The summed E-state index contributed by atoms with van der Waals surface area (Å²) in [5.74, 6) is -1.62. The summed E-state index contributed by atoms with van der Waals surface area (Å²) in [6.07, 6.45) is 3.84. The van der Waals surface area contributed by atoms with Crippen molar-refractivity contribution in [3.63, 3.8) is 0 Å². The van der Waals surface area contributed by atoms with Gasteiger partial charge in [-0.15, -0.1) is 0 Å². The first-order chi connectivity index (χ1) is 16.3. The summed E-state index contributed by atoms with van der Waals surface area (Å²) in [7, 11) is 0. The summed E-state index contributed by atoms with van der Waals surface area (Å²) < 4.78 is 36.1. The highest BCUT2D eigenvalue weighted by atomic mass is 79.9. The molecule has 0 N–H and O–H groups in total. The molecule has 1 aliphatic carbocycles. The molecule has 1 amide bonds. The van der Waals surface area contributed by atoms with E-state index in [4.69, 9.17) is 9.72 Å². The average molecular weight is 532 g/mol. The lowest BCUT2D eigenvalue weighted by atomic mass is 9.92. The summed E-state index contributed by atoms with van der Waals surface area (Å²) in [5, 5.41) is 0. The largest absolute Gasteiger partial charge is 0.463 e. The zero-order valence-electron chi connectivity index (χ0n) is 18.6. The second-order valence-corrected chi connectivity index (χ2v) is 9.85. The third-order valence-electron chi connectivity index (χ3n) is 6.71. The SMILES string of the molecule is CC(=O)O[C@H]1CC[C@H](n2c([C@@H]3CCC(=O)N3c3ccc(F)c(F)c3)nc3cc(Br)ccc32)CC1. The Bertz CT molecular complexity index is 1270. The second kappa shape index (κ2) is 9.09. The second-order valence-electron chi connectivity index (χ2n) is 8.93. The summed E-state index contributed by atoms with van der Waals surface area (Å²) in [6, 6.07) is 9.18. The Morgan fingerprint density at radius 3 is 2.53 bits per heavy atom. The zero-order chi connectivity index (χ0) is 24.0. The Hall–Kier alpha value is -2.81. The standard InChI is InChI=1S/C25H24BrF2N3O3/c1-14(32)34-18-6-3-16(4-7-18)31-22-9-2-15(26)12-21(22)29-25(31)23-10-11-24(33)30(23)17-5-8-19(27)20(28)13-17/h2,5,8-9,12-13,16,18,23H,3-4,6-7,10-11H2,1H3/t16-,18-,23-/m0/s1. The molecular weight excluding hydrogens is 508 g/mol. The molecule has 178 valence electrons. The number of aromatic nitrogens is 2. The Kier molecular flexibility index (Phi) is 6.14. The van der Waals surface area contributed by atoms with Gasteiger partial charge in [-0.1, -0.05) is 15.9 Å². The molecule has 34 heavy (non-hydrogen) atoms. The van der Waals surface area contributed by atoms with Crippen LogP contribution >= 0.6 is 15.9 Å². The van der Waals surface area contributed by atoms with Crippen LogP contribution in [0.4, 0.5) is 14.5 Å². The number of imidazole rings is 1. The summed E-state index contributed by atoms with van der Waals surface area (Å²) in [5.41, 5.74) is 2.08. The van der Waals surface area contributed by atoms with Gasteiger partial charge in [0.15, 0.2) is 11.6 Å². The third kappa shape index (κ3) is 4.21. The number of ether oxygens (including phenoxy) is 1. The number of amides is 1. The first kappa shape index (κ1) is 23.0. The van der Waals surface area contributed by atoms with Gasteiger partial charge < -0.3 is 14.2 Å². The van der Waals surface area contributed by atoms with Gasteiger partial charge in [0.05, 0.1) is 17.1 Å². The maximum atomic E-state index is 14.0. The van der Waals surface area contributed by atoms with E-state index in [9.17, 15) is 18.4 Å². The maximum absolute atomic E-state index is 14.0. The molecule has 5 rings (SSSR count). The van der Waals surface area contributed by atoms with Gasteiger partial charge in [-0.3, -0.25) is 9.59 Å². The monoisotopic (exact) mass is 531 g/mol. The van der Waals surface area contributed by atoms with Crippen LogP contribution in [0.25, 0.3) is 11.0 Å². The fraction of sp³-hybridized carbons (Fsp3) is 0.400. The average Bonchev–Trinajstić information content (AvgIpc) is 3.36. The lowest BCUT2D eigenvalue weighted by Crippen LogP contribution is -2.31. The van der Waals surface area contributed by atoms with Crippen molar-refractivity contribution in [1.29, 1.82) is 0 Å². The van der Waals surface area contributed by atoms with E-state index in [1.807, 2.05) is 18.2 Å². The molecular formula is C25H24BrF2N3O3. The molecule has 1 saturated heterocycles. The predicted octanol–water partition coefficient (Wildman–Crippen LogP) is 5.99. The molecule has 0 unspecified atom stereocenters. The van der Waals surface area contributed by atoms with Crippen molar-refractivity contribution >= 4 is 44.5 Å². The number of rotatable bonds is 4. The van der Waals surface area contributed by atoms with Gasteiger partial charge in [-0.05, 0) is 62.4 Å². The summed E-state index contributed by atoms with van der Waals surface area (Å²) in [6.45, 7) is 1.43. The van der Waals surface area contributed by atoms with Crippen LogP contribution in [0.5, 0.6) is 0 Å². The van der Waals surface area contributed by atoms with Crippen LogP contribution in [0.15, 0.2) is 40.9 Å². The van der Waals surface area contributed by atoms with Gasteiger partial charge in [0.25, 0.3) is 0 Å². The normalized spacial score (nSPS) is 23.0. The van der Waals surface area contributed by atoms with Gasteiger partial charge in [0, 0.05) is 35.6 Å². The minimum atomic E-state index is -0.989. The van der Waals surface area contributed by atoms with E-state index in [1.165, 1.54) is 13.0 Å². The lowest BCUT2D eigenvalue weighted by molar-refractivity contribution is -0.148. The number of carbonyl (C=O) groups is 2. The zero-order valence-corrected chi connectivity index (χ0v) is 20.2. The molecule has 1 atom stereocenters. The van der Waals surface area contributed by atoms with E-state index in [-0.39, 0.29) is 24.0 Å². The minimum absolute atomic E-state index is 0.0899. The van der Waals surface area contributed by atoms with Crippen molar-refractivity contribution in [1.82, 2.24) is 9.55 Å². The van der Waals surface area contributed by atoms with Gasteiger partial charge in [0.1, 0.15) is 11.9 Å². The molecule has 2 aliphatic rings. The van der Waals surface area contributed by atoms with E-state index in [1.54, 1.807) is 4.90 Å². The number of carbonyl (C=O) groups excluding carboxylic acids is 2. The number of anilines is 1. The molecule has 2 heterocycles. The smallest absolute Gasteiger partial charge is 0.302 e. The molecule has 1 aliphatic heterocycles. The number of benzene rings is 2. The van der Waals surface area contributed by atoms with Crippen LogP contribution in [0.1, 0.15) is 63.4 Å². The Morgan fingerprint density at radius 2 is 1.82 bits per heavy atom. The fourth-order valence-corrected chi connectivity index (χ4v) is 5.60. The van der Waals surface area contributed by atoms with Gasteiger partial charge >= 0.3 is 5.97 Å². The molecule has 3 aromatic rings. The third-order valence-corrected chi connectivity index (χ3v) is 7.20. The molecule has 0 radical (unpaired) electrons. The van der Waals surface area contributed by atoms with Gasteiger partial charge in [0.2, 0.25) is 5.91 Å². The van der Waals surface area contributed by atoms with Crippen LogP contribution in [0, 0.1) is 11.6 Å². The number of halogens is 3. The number of hydrogen-bond donors (Lipinski definition) is 0. The fourth-order valence-electron chi connectivity index (χ4n) is 5.25. The quantitative estimate of drug-likeness (QED) is 0.387. The Morgan fingerprint density at radius 1 is 1.06 bits per heavy atom. The van der Waals surface area contributed by atoms with E-state index in [2.05, 4.69) is 20.5 Å². The van der Waals surface area contributed by atoms with E-state index < -0.39 is 17.7 Å². The van der Waals surface area contributed by atoms with Crippen LogP contribution in [-0.4, -0.2) is 27.5 Å². The highest BCUT2D eigenvalue weighted by Gasteiger charge is 2.38. The molecule has 1 saturated carbocycles. The number of nitrogens with zero attached hydrogens (tertiary/aromatic N) is 3. The lowest BCUT2D eigenvalue weighted by Gasteiger charge is -2.32. The van der Waals surface area contributed by atoms with Crippen molar-refractivity contribution in [3.05, 3.63) is 58.3 Å². The van der Waals surface area contributed by atoms with Crippen molar-refractivity contribution < 1.29 is 23.1 Å². The maximum Gasteiger partial charge on any atom is 0.302 e. The Labute approximate surface area is 204 Å². The molecule has 0 bridgehead atoms. The van der Waals surface area contributed by atoms with E-state index >= 15 is 0 Å². The Balaban J connectivity index is 1.55. The van der Waals surface area contributed by atoms with Gasteiger partial charge in [-0.25, -0.2) is 13.8 Å². The van der Waals surface area contributed by atoms with Crippen molar-refractivity contribution in [2.24, 2.45) is 0 Å². The first-order valence-electron chi connectivity index (χ1n) is 11.4. The van der Waals surface area contributed by atoms with Gasteiger partial charge in [-0.2, -0.15) is 0 Å². The summed E-state index contributed by atoms with van der Waals surface area (Å²) in [4.78, 5) is 30.7. The van der Waals surface area contributed by atoms with Crippen molar-refractivity contribution in [2.75, 3.05) is 4.90 Å². The van der Waals surface area contributed by atoms with E-state index in [0.29, 0.717) is 18.5 Å². The molecule has 2 fully saturated rings. The predicted molar refractivity (Wildman–Crippen MR) is 126 cm³/mol. The molecule has 2 aromatic carbocycles. The molecule has 9 heteroatoms. The topological polar surface area (TPSA) is 64.4 Å². The number of esters is 1. The van der Waals surface area contributed by atoms with Crippen LogP contribution in [0.3, 0.4) is 0 Å². The van der Waals surface area contributed by atoms with E-state index in [0.717, 1.165) is 59.1 Å². The highest BCUT2D eigenvalue weighted by molar-refractivity contribution is 9.10. The molecule has 6 nitrogen and oxygen atoms in total. The first-order valence-corrected chi connectivity index (χ1v) is 12.2. The molecule has 0 spiro atoms. The summed E-state index contributed by atoms with van der Waals surface area (Å²) >= 11 is 3.51. The van der Waals surface area contributed by atoms with Crippen LogP contribution in [0.2, 0.25) is 0 Å². The van der Waals surface area contributed by atoms with Crippen LogP contribution < -0.4 is 4.90 Å². The van der Waals surface area contributed by atoms with Crippen molar-refractivity contribution in [3.8, 4) is 0 Å². The highest BCUT2D eigenvalue weighted by Crippen LogP contribution is 2.42. The molecule has 1 aromatic heterocycles.